The Labute approximate surface area is 85.5 Å². The van der Waals surface area contributed by atoms with Crippen LogP contribution in [0, 0.1) is 4.20 Å². The van der Waals surface area contributed by atoms with Crippen LogP contribution in [0.25, 0.3) is 0 Å². The van der Waals surface area contributed by atoms with Gasteiger partial charge in [-0.1, -0.05) is 0 Å². The second-order valence-corrected chi connectivity index (χ2v) is 38.4. The summed E-state index contributed by atoms with van der Waals surface area (Å²) >= 11 is 6.79. The Hall–Kier alpha value is 0.938. The molecular weight excluding hydrogens is 463 g/mol. The zero-order valence-electron chi connectivity index (χ0n) is 5.43. The van der Waals surface area contributed by atoms with Crippen molar-refractivity contribution >= 4 is 36.0 Å². The first-order valence-electron chi connectivity index (χ1n) is 2.83. The maximum atomic E-state index is 6.00. The van der Waals surface area contributed by atoms with Gasteiger partial charge in [-0.25, -0.2) is 0 Å². The third-order valence-electron chi connectivity index (χ3n) is 1.01. The molecule has 0 atom stereocenters. The molecule has 0 bridgehead atoms. The summed E-state index contributed by atoms with van der Waals surface area (Å²) in [7, 11) is 3.30. The third-order valence-corrected chi connectivity index (χ3v) is 5.97. The summed E-state index contributed by atoms with van der Waals surface area (Å²) in [5, 5.41) is 0. The monoisotopic (exact) mass is 466 g/mol. The van der Waals surface area contributed by atoms with Crippen LogP contribution in [0.3, 0.4) is 0 Å². The summed E-state index contributed by atoms with van der Waals surface area (Å²) in [6.45, 7) is 0. The molecule has 11 heavy (non-hydrogen) atoms. The Bertz CT molecular complexity index is 327. The van der Waals surface area contributed by atoms with Crippen molar-refractivity contribution < 1.29 is 10.2 Å². The molecule has 1 aromatic rings. The van der Waals surface area contributed by atoms with Gasteiger partial charge in [0.2, 0.25) is 0 Å². The fraction of sp³-hybridized carbons (Fsp3) is 0. The van der Waals surface area contributed by atoms with Crippen molar-refractivity contribution in [3.05, 3.63) is 35.9 Å². The van der Waals surface area contributed by atoms with Crippen molar-refractivity contribution in [1.82, 2.24) is 0 Å². The molecule has 0 aliphatic carbocycles. The van der Waals surface area contributed by atoms with Gasteiger partial charge in [-0.15, -0.1) is 0 Å². The van der Waals surface area contributed by atoms with Gasteiger partial charge in [0.15, 0.2) is 0 Å². The van der Waals surface area contributed by atoms with Gasteiger partial charge >= 0.3 is 86.4 Å². The van der Waals surface area contributed by atoms with Crippen LogP contribution in [-0.4, -0.2) is 0 Å². The molecule has 0 nitrogen and oxygen atoms in total. The maximum absolute atomic E-state index is 6.00. The van der Waals surface area contributed by atoms with Crippen molar-refractivity contribution in [3.8, 4) is 4.20 Å². The van der Waals surface area contributed by atoms with E-state index in [1.165, 1.54) is 0 Å². The van der Waals surface area contributed by atoms with Crippen LogP contribution in [0.5, 0.6) is 0 Å². The number of halogens is 3. The van der Waals surface area contributed by atoms with E-state index in [0.717, 1.165) is 5.56 Å². The van der Waals surface area contributed by atoms with Gasteiger partial charge in [0.05, 0.1) is 0 Å². The Morgan fingerprint density at radius 1 is 1.18 bits per heavy atom. The number of hydrogen-bond acceptors (Lipinski definition) is 0. The second-order valence-electron chi connectivity index (χ2n) is 1.87. The standard InChI is InChI=1S/C7H5.2BrH.ClH.W/c1-7-5-3-2-4-6-7;;;;/h2-6H;3*1H;/q;;;;+3/p-3. The fourth-order valence-corrected chi connectivity index (χ4v) is 5.88. The SMILES string of the molecule is [Cl][W]([Br])([Br])#[C]c1ccccc1. The van der Waals surface area contributed by atoms with Gasteiger partial charge in [-0.2, -0.15) is 0 Å². The minimum absolute atomic E-state index is 1.05. The van der Waals surface area contributed by atoms with Crippen LogP contribution in [0.1, 0.15) is 5.56 Å². The predicted molar refractivity (Wildman–Crippen MR) is 53.1 cm³/mol. The van der Waals surface area contributed by atoms with Crippen LogP contribution in [0.4, 0.5) is 0 Å². The summed E-state index contributed by atoms with van der Waals surface area (Å²) in [4.78, 5) is 0. The van der Waals surface area contributed by atoms with Gasteiger partial charge in [0.25, 0.3) is 0 Å². The average molecular weight is 468 g/mol. The summed E-state index contributed by atoms with van der Waals surface area (Å²) in [5.74, 6) is 0. The summed E-state index contributed by atoms with van der Waals surface area (Å²) in [6.07, 6.45) is 0. The molecule has 0 spiro atoms. The molecule has 0 heterocycles. The molecule has 1 aromatic carbocycles. The Morgan fingerprint density at radius 3 is 2.18 bits per heavy atom. The third kappa shape index (κ3) is 4.50. The fourth-order valence-electron chi connectivity index (χ4n) is 0.640. The van der Waals surface area contributed by atoms with Gasteiger partial charge in [-0.3, -0.25) is 0 Å². The zero-order valence-corrected chi connectivity index (χ0v) is 12.3. The van der Waals surface area contributed by atoms with Crippen LogP contribution >= 0.6 is 36.0 Å². The van der Waals surface area contributed by atoms with Gasteiger partial charge in [0, 0.05) is 0 Å². The molecule has 0 radical (unpaired) electrons. The summed E-state index contributed by atoms with van der Waals surface area (Å²) in [5.41, 5.74) is 1.05. The summed E-state index contributed by atoms with van der Waals surface area (Å²) in [6, 6.07) is 9.87. The quantitative estimate of drug-likeness (QED) is 0.542. The van der Waals surface area contributed by atoms with Crippen LogP contribution in [0.2, 0.25) is 0 Å². The van der Waals surface area contributed by atoms with E-state index in [1.807, 2.05) is 30.3 Å². The van der Waals surface area contributed by atoms with Crippen molar-refractivity contribution in [1.29, 1.82) is 0 Å². The van der Waals surface area contributed by atoms with Crippen molar-refractivity contribution in [2.45, 2.75) is 0 Å². The zero-order chi connectivity index (χ0) is 8.32. The topological polar surface area (TPSA) is 0 Å². The van der Waals surface area contributed by atoms with E-state index < -0.39 is 10.2 Å². The van der Waals surface area contributed by atoms with Crippen LogP contribution in [0.15, 0.2) is 30.3 Å². The molecule has 0 amide bonds. The summed E-state index contributed by atoms with van der Waals surface area (Å²) < 4.78 is 3.19. The number of hydrogen-bond donors (Lipinski definition) is 0. The van der Waals surface area contributed by atoms with E-state index in [-0.39, 0.29) is 0 Å². The molecule has 0 aliphatic heterocycles. The Kier molecular flexibility index (Phi) is 3.87. The first kappa shape index (κ1) is 10.0. The van der Waals surface area contributed by atoms with E-state index in [2.05, 4.69) is 30.8 Å². The molecule has 0 fully saturated rings. The molecule has 0 saturated carbocycles. The molecule has 0 N–H and O–H groups in total. The molecule has 0 saturated heterocycles. The van der Waals surface area contributed by atoms with Gasteiger partial charge in [-0.05, 0) is 0 Å². The minimum atomic E-state index is -2.70. The molecule has 60 valence electrons. The van der Waals surface area contributed by atoms with E-state index in [4.69, 9.17) is 9.42 Å². The molecule has 4 heteroatoms. The van der Waals surface area contributed by atoms with Gasteiger partial charge < -0.3 is 0 Å². The molecule has 0 aliphatic rings. The Balaban J connectivity index is 3.11. The normalized spacial score (nSPS) is 10.8. The second kappa shape index (κ2) is 4.25. The van der Waals surface area contributed by atoms with Gasteiger partial charge in [0.1, 0.15) is 0 Å². The molecular formula is C7H5Br2ClW. The Morgan fingerprint density at radius 2 is 1.73 bits per heavy atom. The number of benzene rings is 1. The van der Waals surface area contributed by atoms with E-state index in [0.29, 0.717) is 0 Å². The molecule has 0 aromatic heterocycles. The van der Waals surface area contributed by atoms with Crippen LogP contribution < -0.4 is 0 Å². The van der Waals surface area contributed by atoms with E-state index in [1.54, 1.807) is 0 Å². The first-order valence-corrected chi connectivity index (χ1v) is 20.7. The van der Waals surface area contributed by atoms with Crippen molar-refractivity contribution in [2.24, 2.45) is 0 Å². The van der Waals surface area contributed by atoms with Crippen molar-refractivity contribution in [2.75, 3.05) is 0 Å². The number of rotatable bonds is 0. The van der Waals surface area contributed by atoms with Crippen LogP contribution in [-0.2, 0) is 10.2 Å². The first-order chi connectivity index (χ1) is 5.08. The predicted octanol–water partition coefficient (Wildman–Crippen LogP) is 3.92. The van der Waals surface area contributed by atoms with Crippen molar-refractivity contribution in [3.63, 3.8) is 0 Å². The van der Waals surface area contributed by atoms with E-state index in [9.17, 15) is 0 Å². The average Bonchev–Trinajstić information content (AvgIpc) is 1.85. The molecule has 0 unspecified atom stereocenters. The molecule has 1 rings (SSSR count). The van der Waals surface area contributed by atoms with E-state index >= 15 is 0 Å².